The first-order chi connectivity index (χ1) is 14.0. The van der Waals surface area contributed by atoms with Crippen LogP contribution in [0.25, 0.3) is 10.9 Å². The van der Waals surface area contributed by atoms with Gasteiger partial charge in [0.15, 0.2) is 0 Å². The molecule has 0 aliphatic carbocycles. The molecular formula is C24H26N2O3. The Morgan fingerprint density at radius 1 is 1.21 bits per heavy atom. The Labute approximate surface area is 170 Å². The van der Waals surface area contributed by atoms with Crippen LogP contribution in [0.2, 0.25) is 0 Å². The number of aromatic nitrogens is 1. The van der Waals surface area contributed by atoms with Crippen molar-refractivity contribution >= 4 is 16.8 Å². The Kier molecular flexibility index (Phi) is 5.14. The second-order valence-corrected chi connectivity index (χ2v) is 7.79. The smallest absolute Gasteiger partial charge is 0.251 e. The Morgan fingerprint density at radius 3 is 2.83 bits per heavy atom. The van der Waals surface area contributed by atoms with Gasteiger partial charge < -0.3 is 14.6 Å². The first-order valence-electron chi connectivity index (χ1n) is 10.0. The molecule has 29 heavy (non-hydrogen) atoms. The van der Waals surface area contributed by atoms with Crippen LogP contribution in [0.1, 0.15) is 41.6 Å². The summed E-state index contributed by atoms with van der Waals surface area (Å²) in [4.78, 5) is 30.2. The number of benzene rings is 2. The molecule has 0 saturated heterocycles. The zero-order chi connectivity index (χ0) is 20.5. The van der Waals surface area contributed by atoms with Crippen LogP contribution in [0.4, 0.5) is 0 Å². The maximum Gasteiger partial charge on any atom is 0.251 e. The van der Waals surface area contributed by atoms with Gasteiger partial charge in [0.2, 0.25) is 5.91 Å². The van der Waals surface area contributed by atoms with E-state index in [1.807, 2.05) is 48.2 Å². The highest BCUT2D eigenvalue weighted by Crippen LogP contribution is 2.32. The fourth-order valence-corrected chi connectivity index (χ4v) is 4.19. The van der Waals surface area contributed by atoms with E-state index >= 15 is 0 Å². The number of fused-ring (bicyclic) bond motifs is 2. The number of methoxy groups -OCH3 is 1. The minimum atomic E-state index is -0.113. The number of aryl methyl sites for hydroxylation is 2. The van der Waals surface area contributed by atoms with Gasteiger partial charge in [-0.1, -0.05) is 18.2 Å². The van der Waals surface area contributed by atoms with Gasteiger partial charge in [-0.3, -0.25) is 9.59 Å². The predicted octanol–water partition coefficient (Wildman–Crippen LogP) is 3.92. The summed E-state index contributed by atoms with van der Waals surface area (Å²) in [6.07, 6.45) is 1.60. The normalized spacial score (nSPS) is 16.0. The number of amides is 1. The monoisotopic (exact) mass is 390 g/mol. The molecule has 2 heterocycles. The fraction of sp³-hybridized carbons (Fsp3) is 0.333. The Bertz CT molecular complexity index is 1130. The van der Waals surface area contributed by atoms with Gasteiger partial charge >= 0.3 is 0 Å². The van der Waals surface area contributed by atoms with E-state index < -0.39 is 0 Å². The van der Waals surface area contributed by atoms with Crippen molar-refractivity contribution in [2.24, 2.45) is 0 Å². The van der Waals surface area contributed by atoms with Crippen molar-refractivity contribution in [2.75, 3.05) is 13.7 Å². The molecule has 1 aromatic heterocycles. The van der Waals surface area contributed by atoms with Gasteiger partial charge in [-0.05, 0) is 73.0 Å². The van der Waals surface area contributed by atoms with Crippen LogP contribution < -0.4 is 10.3 Å². The van der Waals surface area contributed by atoms with Gasteiger partial charge in [0.05, 0.1) is 13.2 Å². The molecule has 0 fully saturated rings. The molecule has 1 aliphatic rings. The van der Waals surface area contributed by atoms with E-state index in [1.54, 1.807) is 7.11 Å². The second-order valence-electron chi connectivity index (χ2n) is 7.79. The SMILES string of the molecule is COc1ccc2c(c1)C(C)N(C(=O)CCc1cc3ccc(C)cc3[nH]c1=O)CC2. The quantitative estimate of drug-likeness (QED) is 0.734. The molecule has 1 amide bonds. The summed E-state index contributed by atoms with van der Waals surface area (Å²) in [5, 5.41) is 0.991. The number of nitrogens with zero attached hydrogens (tertiary/aromatic N) is 1. The summed E-state index contributed by atoms with van der Waals surface area (Å²) in [7, 11) is 1.65. The van der Waals surface area contributed by atoms with Gasteiger partial charge in [-0.15, -0.1) is 0 Å². The first-order valence-corrected chi connectivity index (χ1v) is 10.0. The highest BCUT2D eigenvalue weighted by atomic mass is 16.5. The van der Waals surface area contributed by atoms with Crippen LogP contribution >= 0.6 is 0 Å². The fourth-order valence-electron chi connectivity index (χ4n) is 4.19. The number of H-pyrrole nitrogens is 1. The third-order valence-corrected chi connectivity index (χ3v) is 5.90. The summed E-state index contributed by atoms with van der Waals surface area (Å²) < 4.78 is 5.34. The van der Waals surface area contributed by atoms with Crippen molar-refractivity contribution < 1.29 is 9.53 Å². The molecule has 150 valence electrons. The molecule has 0 saturated carbocycles. The number of nitrogens with one attached hydrogen (secondary N) is 1. The lowest BCUT2D eigenvalue weighted by Gasteiger charge is -2.35. The van der Waals surface area contributed by atoms with E-state index in [0.717, 1.165) is 34.2 Å². The van der Waals surface area contributed by atoms with Gasteiger partial charge in [-0.25, -0.2) is 0 Å². The van der Waals surface area contributed by atoms with Crippen LogP contribution in [0.3, 0.4) is 0 Å². The van der Waals surface area contributed by atoms with Crippen LogP contribution in [0, 0.1) is 6.92 Å². The zero-order valence-corrected chi connectivity index (χ0v) is 17.1. The standard InChI is InChI=1S/C24H26N2O3/c1-15-4-5-18-13-19(24(28)25-22(18)12-15)7-9-23(27)26-11-10-17-6-8-20(29-3)14-21(17)16(26)2/h4-6,8,12-14,16H,7,9-11H2,1-3H3,(H,25,28). The predicted molar refractivity (Wildman–Crippen MR) is 114 cm³/mol. The number of pyridine rings is 1. The molecule has 1 unspecified atom stereocenters. The first kappa shape index (κ1) is 19.2. The molecule has 5 heteroatoms. The lowest BCUT2D eigenvalue weighted by molar-refractivity contribution is -0.133. The minimum Gasteiger partial charge on any atom is -0.497 e. The Morgan fingerprint density at radius 2 is 2.03 bits per heavy atom. The van der Waals surface area contributed by atoms with Crippen molar-refractivity contribution in [3.05, 3.63) is 75.1 Å². The third kappa shape index (κ3) is 3.77. The second kappa shape index (κ2) is 7.74. The van der Waals surface area contributed by atoms with Gasteiger partial charge in [-0.2, -0.15) is 0 Å². The lowest BCUT2D eigenvalue weighted by atomic mass is 9.92. The molecule has 5 nitrogen and oxygen atoms in total. The van der Waals surface area contributed by atoms with Gasteiger partial charge in [0.1, 0.15) is 5.75 Å². The Balaban J connectivity index is 1.50. The van der Waals surface area contributed by atoms with Gasteiger partial charge in [0, 0.05) is 24.0 Å². The summed E-state index contributed by atoms with van der Waals surface area (Å²) in [5.41, 5.74) is 4.89. The highest BCUT2D eigenvalue weighted by Gasteiger charge is 2.27. The van der Waals surface area contributed by atoms with E-state index in [1.165, 1.54) is 5.56 Å². The summed E-state index contributed by atoms with van der Waals surface area (Å²) in [5.74, 6) is 0.886. The highest BCUT2D eigenvalue weighted by molar-refractivity contribution is 5.80. The largest absolute Gasteiger partial charge is 0.497 e. The number of hydrogen-bond donors (Lipinski definition) is 1. The number of hydrogen-bond acceptors (Lipinski definition) is 3. The van der Waals surface area contributed by atoms with Crippen LogP contribution in [-0.4, -0.2) is 29.4 Å². The summed E-state index contributed by atoms with van der Waals surface area (Å²) in [6.45, 7) is 4.75. The molecule has 0 spiro atoms. The van der Waals surface area contributed by atoms with Crippen molar-refractivity contribution in [1.29, 1.82) is 0 Å². The number of carbonyl (C=O) groups excluding carboxylic acids is 1. The molecule has 1 N–H and O–H groups in total. The van der Waals surface area contributed by atoms with Crippen LogP contribution in [0.15, 0.2) is 47.3 Å². The molecular weight excluding hydrogens is 364 g/mol. The van der Waals surface area contributed by atoms with Crippen LogP contribution in [0.5, 0.6) is 5.75 Å². The van der Waals surface area contributed by atoms with Crippen molar-refractivity contribution in [2.45, 2.75) is 39.2 Å². The van der Waals surface area contributed by atoms with E-state index in [2.05, 4.69) is 18.0 Å². The van der Waals surface area contributed by atoms with E-state index in [9.17, 15) is 9.59 Å². The van der Waals surface area contributed by atoms with Gasteiger partial charge in [0.25, 0.3) is 5.56 Å². The Hall–Kier alpha value is -3.08. The van der Waals surface area contributed by atoms with Crippen molar-refractivity contribution in [3.8, 4) is 5.75 Å². The third-order valence-electron chi connectivity index (χ3n) is 5.90. The summed E-state index contributed by atoms with van der Waals surface area (Å²) in [6, 6.07) is 14.0. The molecule has 4 rings (SSSR count). The van der Waals surface area contributed by atoms with E-state index in [-0.39, 0.29) is 17.5 Å². The zero-order valence-electron chi connectivity index (χ0n) is 17.1. The van der Waals surface area contributed by atoms with Crippen LogP contribution in [-0.2, 0) is 17.6 Å². The topological polar surface area (TPSA) is 62.4 Å². The lowest BCUT2D eigenvalue weighted by Crippen LogP contribution is -2.39. The molecule has 0 radical (unpaired) electrons. The number of ether oxygens (including phenoxy) is 1. The maximum absolute atomic E-state index is 12.9. The maximum atomic E-state index is 12.9. The average Bonchev–Trinajstić information content (AvgIpc) is 2.72. The van der Waals surface area contributed by atoms with Crippen molar-refractivity contribution in [1.82, 2.24) is 9.88 Å². The molecule has 1 aliphatic heterocycles. The molecule has 0 bridgehead atoms. The molecule has 2 aromatic carbocycles. The van der Waals surface area contributed by atoms with E-state index in [0.29, 0.717) is 24.9 Å². The minimum absolute atomic E-state index is 0.000729. The number of aromatic amines is 1. The number of rotatable bonds is 4. The number of carbonyl (C=O) groups is 1. The van der Waals surface area contributed by atoms with Crippen molar-refractivity contribution in [3.63, 3.8) is 0 Å². The molecule has 1 atom stereocenters. The molecule has 3 aromatic rings. The summed E-state index contributed by atoms with van der Waals surface area (Å²) >= 11 is 0. The average molecular weight is 390 g/mol. The van der Waals surface area contributed by atoms with E-state index in [4.69, 9.17) is 4.74 Å².